The quantitative estimate of drug-likeness (QED) is 0.200. The molecule has 1 fully saturated rings. The normalized spacial score (nSPS) is 23.1. The number of carbonyl (C=O) groups excluding carboxylic acids is 2. The fourth-order valence-corrected chi connectivity index (χ4v) is 3.67. The van der Waals surface area contributed by atoms with Gasteiger partial charge in [0.1, 0.15) is 5.78 Å². The van der Waals surface area contributed by atoms with Crippen LogP contribution in [0.15, 0.2) is 24.3 Å². The molecule has 0 saturated heterocycles. The predicted molar refractivity (Wildman–Crippen MR) is 116 cm³/mol. The maximum atomic E-state index is 12.2. The molecule has 0 heterocycles. The SMILES string of the molecule is CCCCC[C@H](O)C=C[C@H]1C(=O)C[C@H](O)[C@@H]1CC=CCCCC(=O)NC(CO)CO. The summed E-state index contributed by atoms with van der Waals surface area (Å²) in [5, 5.41) is 40.7. The van der Waals surface area contributed by atoms with Crippen LogP contribution in [-0.4, -0.2) is 63.6 Å². The van der Waals surface area contributed by atoms with Crippen molar-refractivity contribution in [3.63, 3.8) is 0 Å². The average molecular weight is 426 g/mol. The highest BCUT2D eigenvalue weighted by Crippen LogP contribution is 2.33. The van der Waals surface area contributed by atoms with Crippen LogP contribution in [0.3, 0.4) is 0 Å². The summed E-state index contributed by atoms with van der Waals surface area (Å²) < 4.78 is 0. The maximum Gasteiger partial charge on any atom is 0.220 e. The molecule has 1 aliphatic carbocycles. The first-order valence-corrected chi connectivity index (χ1v) is 11.2. The summed E-state index contributed by atoms with van der Waals surface area (Å²) in [6, 6.07) is -0.621. The van der Waals surface area contributed by atoms with E-state index in [1.54, 1.807) is 12.2 Å². The van der Waals surface area contributed by atoms with Gasteiger partial charge in [-0.2, -0.15) is 0 Å². The number of Topliss-reactive ketones (excluding diaryl/α,β-unsaturated/α-hetero) is 1. The summed E-state index contributed by atoms with van der Waals surface area (Å²) in [6.07, 6.45) is 12.2. The molecule has 0 aromatic heterocycles. The van der Waals surface area contributed by atoms with E-state index in [0.29, 0.717) is 32.1 Å². The Morgan fingerprint density at radius 3 is 2.60 bits per heavy atom. The Hall–Kier alpha value is -1.54. The van der Waals surface area contributed by atoms with Gasteiger partial charge in [0.15, 0.2) is 0 Å². The highest BCUT2D eigenvalue weighted by atomic mass is 16.3. The second-order valence-electron chi connectivity index (χ2n) is 8.10. The number of rotatable bonds is 15. The first kappa shape index (κ1) is 26.5. The molecular formula is C23H39NO6. The standard InChI is InChI=1S/C23H39NO6/c1-2-3-6-9-18(27)12-13-20-19(21(28)14-22(20)29)10-7-4-5-8-11-23(30)24-17(15-25)16-26/h4,7,12-13,17-21,25-28H,2-3,5-6,8-11,14-16H2,1H3,(H,24,30)/t18-,19+,20+,21-/m0/s1. The van der Waals surface area contributed by atoms with Gasteiger partial charge in [0.25, 0.3) is 0 Å². The number of ketones is 1. The second-order valence-corrected chi connectivity index (χ2v) is 8.10. The smallest absolute Gasteiger partial charge is 0.220 e. The Bertz CT molecular complexity index is 558. The molecule has 5 N–H and O–H groups in total. The van der Waals surface area contributed by atoms with E-state index in [2.05, 4.69) is 12.2 Å². The minimum absolute atomic E-state index is 0.0110. The van der Waals surface area contributed by atoms with Crippen LogP contribution >= 0.6 is 0 Å². The van der Waals surface area contributed by atoms with E-state index >= 15 is 0 Å². The van der Waals surface area contributed by atoms with Crippen LogP contribution in [0.2, 0.25) is 0 Å². The Morgan fingerprint density at radius 1 is 1.20 bits per heavy atom. The van der Waals surface area contributed by atoms with Crippen LogP contribution < -0.4 is 5.32 Å². The van der Waals surface area contributed by atoms with Crippen LogP contribution in [-0.2, 0) is 9.59 Å². The first-order chi connectivity index (χ1) is 14.4. The number of hydrogen-bond donors (Lipinski definition) is 5. The van der Waals surface area contributed by atoms with Crippen LogP contribution in [0.4, 0.5) is 0 Å². The van der Waals surface area contributed by atoms with Crippen molar-refractivity contribution in [2.24, 2.45) is 11.8 Å². The van der Waals surface area contributed by atoms with E-state index in [0.717, 1.165) is 19.3 Å². The largest absolute Gasteiger partial charge is 0.394 e. The van der Waals surface area contributed by atoms with Gasteiger partial charge in [-0.1, -0.05) is 50.5 Å². The Labute approximate surface area is 179 Å². The van der Waals surface area contributed by atoms with Crippen molar-refractivity contribution in [3.05, 3.63) is 24.3 Å². The van der Waals surface area contributed by atoms with Gasteiger partial charge in [-0.25, -0.2) is 0 Å². The summed E-state index contributed by atoms with van der Waals surface area (Å²) in [6.45, 7) is 1.52. The topological polar surface area (TPSA) is 127 Å². The van der Waals surface area contributed by atoms with E-state index in [-0.39, 0.29) is 43.2 Å². The van der Waals surface area contributed by atoms with Crippen LogP contribution in [0, 0.1) is 11.8 Å². The third-order valence-electron chi connectivity index (χ3n) is 5.54. The summed E-state index contributed by atoms with van der Waals surface area (Å²) in [5.41, 5.74) is 0. The molecule has 0 radical (unpaired) electrons. The summed E-state index contributed by atoms with van der Waals surface area (Å²) in [5.74, 6) is -0.760. The number of nitrogens with one attached hydrogen (secondary N) is 1. The van der Waals surface area contributed by atoms with Gasteiger partial charge < -0.3 is 25.7 Å². The van der Waals surface area contributed by atoms with Gasteiger partial charge in [0, 0.05) is 24.7 Å². The number of hydrogen-bond acceptors (Lipinski definition) is 6. The van der Waals surface area contributed by atoms with Crippen LogP contribution in [0.1, 0.15) is 64.7 Å². The molecule has 0 aromatic carbocycles. The lowest BCUT2D eigenvalue weighted by molar-refractivity contribution is -0.122. The number of unbranched alkanes of at least 4 members (excludes halogenated alkanes) is 3. The Kier molecular flexibility index (Phi) is 13.5. The molecule has 4 atom stereocenters. The average Bonchev–Trinajstić information content (AvgIpc) is 2.99. The van der Waals surface area contributed by atoms with E-state index in [1.807, 2.05) is 12.2 Å². The maximum absolute atomic E-state index is 12.2. The molecule has 0 bridgehead atoms. The molecule has 172 valence electrons. The lowest BCUT2D eigenvalue weighted by Gasteiger charge is -2.17. The molecule has 7 heteroatoms. The zero-order valence-electron chi connectivity index (χ0n) is 18.1. The molecule has 0 spiro atoms. The molecule has 0 aliphatic heterocycles. The summed E-state index contributed by atoms with van der Waals surface area (Å²) in [4.78, 5) is 23.9. The minimum Gasteiger partial charge on any atom is -0.394 e. The van der Waals surface area contributed by atoms with Crippen LogP contribution in [0.5, 0.6) is 0 Å². The monoisotopic (exact) mass is 425 g/mol. The molecule has 1 aliphatic rings. The van der Waals surface area contributed by atoms with Crippen molar-refractivity contribution in [2.75, 3.05) is 13.2 Å². The molecule has 7 nitrogen and oxygen atoms in total. The van der Waals surface area contributed by atoms with Crippen molar-refractivity contribution in [1.29, 1.82) is 0 Å². The van der Waals surface area contributed by atoms with Crippen molar-refractivity contribution in [1.82, 2.24) is 5.32 Å². The molecule has 1 amide bonds. The van der Waals surface area contributed by atoms with E-state index in [1.165, 1.54) is 0 Å². The van der Waals surface area contributed by atoms with E-state index in [4.69, 9.17) is 10.2 Å². The van der Waals surface area contributed by atoms with Crippen molar-refractivity contribution < 1.29 is 30.0 Å². The zero-order chi connectivity index (χ0) is 22.4. The number of aliphatic hydroxyl groups excluding tert-OH is 4. The fraction of sp³-hybridized carbons (Fsp3) is 0.739. The third-order valence-corrected chi connectivity index (χ3v) is 5.54. The molecule has 1 saturated carbocycles. The molecule has 0 aromatic rings. The van der Waals surface area contributed by atoms with Gasteiger partial charge in [0.2, 0.25) is 5.91 Å². The first-order valence-electron chi connectivity index (χ1n) is 11.2. The Morgan fingerprint density at radius 2 is 1.93 bits per heavy atom. The predicted octanol–water partition coefficient (Wildman–Crippen LogP) is 1.64. The third kappa shape index (κ3) is 9.98. The van der Waals surface area contributed by atoms with E-state index in [9.17, 15) is 19.8 Å². The van der Waals surface area contributed by atoms with Gasteiger partial charge in [0.05, 0.1) is 31.5 Å². The second kappa shape index (κ2) is 15.3. The lowest BCUT2D eigenvalue weighted by atomic mass is 9.90. The van der Waals surface area contributed by atoms with Gasteiger partial charge in [-0.15, -0.1) is 0 Å². The number of aliphatic hydroxyl groups is 4. The zero-order valence-corrected chi connectivity index (χ0v) is 18.1. The number of allylic oxidation sites excluding steroid dienone is 3. The highest BCUT2D eigenvalue weighted by Gasteiger charge is 2.39. The minimum atomic E-state index is -0.672. The number of amides is 1. The number of carbonyl (C=O) groups is 2. The van der Waals surface area contributed by atoms with Crippen molar-refractivity contribution in [3.8, 4) is 0 Å². The molecule has 30 heavy (non-hydrogen) atoms. The van der Waals surface area contributed by atoms with Gasteiger partial charge in [-0.05, 0) is 25.7 Å². The highest BCUT2D eigenvalue weighted by molar-refractivity contribution is 5.86. The lowest BCUT2D eigenvalue weighted by Crippen LogP contribution is -2.39. The van der Waals surface area contributed by atoms with Gasteiger partial charge in [-0.3, -0.25) is 9.59 Å². The van der Waals surface area contributed by atoms with Crippen LogP contribution in [0.25, 0.3) is 0 Å². The molecule has 1 rings (SSSR count). The van der Waals surface area contributed by atoms with Crippen molar-refractivity contribution in [2.45, 2.75) is 83.0 Å². The van der Waals surface area contributed by atoms with E-state index < -0.39 is 18.2 Å². The molecule has 0 unspecified atom stereocenters. The summed E-state index contributed by atoms with van der Waals surface area (Å²) in [7, 11) is 0. The summed E-state index contributed by atoms with van der Waals surface area (Å²) >= 11 is 0. The van der Waals surface area contributed by atoms with Gasteiger partial charge >= 0.3 is 0 Å². The fourth-order valence-electron chi connectivity index (χ4n) is 3.67. The van der Waals surface area contributed by atoms with Crippen molar-refractivity contribution >= 4 is 11.7 Å². The molecular weight excluding hydrogens is 386 g/mol. The Balaban J connectivity index is 2.40.